The van der Waals surface area contributed by atoms with Crippen LogP contribution in [0.1, 0.15) is 18.1 Å². The van der Waals surface area contributed by atoms with Gasteiger partial charge in [-0.2, -0.15) is 0 Å². The molecular weight excluding hydrogens is 430 g/mol. The fraction of sp³-hybridized carbons (Fsp3) is 0.190. The Balaban J connectivity index is 1.81. The molecule has 0 aromatic heterocycles. The highest BCUT2D eigenvalue weighted by atomic mass is 35.5. The first kappa shape index (κ1) is 21.7. The minimum atomic E-state index is -1.10. The summed E-state index contributed by atoms with van der Waals surface area (Å²) >= 11 is 6.97. The van der Waals surface area contributed by atoms with Gasteiger partial charge in [0.1, 0.15) is 0 Å². The van der Waals surface area contributed by atoms with E-state index in [-0.39, 0.29) is 22.4 Å². The van der Waals surface area contributed by atoms with Gasteiger partial charge in [-0.25, -0.2) is 4.79 Å². The number of methoxy groups -OCH3 is 1. The molecule has 7 nitrogen and oxygen atoms in total. The lowest BCUT2D eigenvalue weighted by atomic mass is 10.1. The van der Waals surface area contributed by atoms with E-state index < -0.39 is 18.0 Å². The van der Waals surface area contributed by atoms with Crippen LogP contribution in [-0.2, 0) is 16.1 Å². The third-order valence-electron chi connectivity index (χ3n) is 4.30. The number of carboxylic acids is 1. The molecule has 1 aliphatic heterocycles. The number of carboxylic acid groups (broad SMARTS) is 1. The summed E-state index contributed by atoms with van der Waals surface area (Å²) in [6, 6.07) is 11.8. The van der Waals surface area contributed by atoms with E-state index in [0.717, 1.165) is 16.7 Å². The number of thioether (sulfide) groups is 1. The fourth-order valence-corrected chi connectivity index (χ4v) is 3.73. The molecular formula is C21H18ClNO6S. The van der Waals surface area contributed by atoms with E-state index in [1.54, 1.807) is 48.5 Å². The lowest BCUT2D eigenvalue weighted by Crippen LogP contribution is -2.27. The third-order valence-corrected chi connectivity index (χ3v) is 5.57. The van der Waals surface area contributed by atoms with E-state index in [4.69, 9.17) is 26.2 Å². The second-order valence-corrected chi connectivity index (χ2v) is 7.77. The molecule has 1 unspecified atom stereocenters. The second-order valence-electron chi connectivity index (χ2n) is 6.37. The molecule has 1 N–H and O–H groups in total. The smallest absolute Gasteiger partial charge is 0.344 e. The standard InChI is InChI=1S/C21H18ClNO6S/c1-12(20(25)26)29-16-8-7-13(9-17(16)28-2)10-18-19(24)23(21(27)30-18)11-14-5-3-4-6-15(14)22/h3-10,12H,11H2,1-2H3,(H,25,26)/b18-10-. The van der Waals surface area contributed by atoms with Gasteiger partial charge >= 0.3 is 5.97 Å². The van der Waals surface area contributed by atoms with Crippen LogP contribution in [0.3, 0.4) is 0 Å². The average molecular weight is 448 g/mol. The number of hydrogen-bond donors (Lipinski definition) is 1. The summed E-state index contributed by atoms with van der Waals surface area (Å²) in [6.45, 7) is 1.50. The van der Waals surface area contributed by atoms with Crippen molar-refractivity contribution < 1.29 is 29.0 Å². The molecule has 30 heavy (non-hydrogen) atoms. The van der Waals surface area contributed by atoms with Crippen molar-refractivity contribution in [3.63, 3.8) is 0 Å². The molecule has 1 heterocycles. The third kappa shape index (κ3) is 4.77. The summed E-state index contributed by atoms with van der Waals surface area (Å²) in [5.41, 5.74) is 1.28. The van der Waals surface area contributed by atoms with E-state index in [1.807, 2.05) is 0 Å². The number of halogens is 1. The highest BCUT2D eigenvalue weighted by molar-refractivity contribution is 8.18. The van der Waals surface area contributed by atoms with Crippen molar-refractivity contribution in [2.24, 2.45) is 0 Å². The van der Waals surface area contributed by atoms with Gasteiger partial charge in [-0.3, -0.25) is 14.5 Å². The Morgan fingerprint density at radius 2 is 1.97 bits per heavy atom. The van der Waals surface area contributed by atoms with Crippen LogP contribution >= 0.6 is 23.4 Å². The predicted octanol–water partition coefficient (Wildman–Crippen LogP) is 4.44. The van der Waals surface area contributed by atoms with Crippen LogP contribution in [0, 0.1) is 0 Å². The molecule has 1 aliphatic rings. The number of nitrogens with zero attached hydrogens (tertiary/aromatic N) is 1. The molecule has 2 amide bonds. The van der Waals surface area contributed by atoms with Crippen LogP contribution < -0.4 is 9.47 Å². The van der Waals surface area contributed by atoms with Crippen LogP contribution in [-0.4, -0.2) is 40.3 Å². The van der Waals surface area contributed by atoms with E-state index in [2.05, 4.69) is 0 Å². The Labute approximate surface area is 182 Å². The van der Waals surface area contributed by atoms with Crippen molar-refractivity contribution in [1.29, 1.82) is 0 Å². The van der Waals surface area contributed by atoms with Crippen molar-refractivity contribution in [2.75, 3.05) is 7.11 Å². The molecule has 1 atom stereocenters. The number of carbonyl (C=O) groups excluding carboxylic acids is 2. The topological polar surface area (TPSA) is 93.1 Å². The van der Waals surface area contributed by atoms with Gasteiger partial charge in [0.25, 0.3) is 11.1 Å². The van der Waals surface area contributed by atoms with Crippen molar-refractivity contribution in [1.82, 2.24) is 4.90 Å². The van der Waals surface area contributed by atoms with Crippen LogP contribution in [0.4, 0.5) is 4.79 Å². The molecule has 156 valence electrons. The number of amides is 2. The maximum absolute atomic E-state index is 12.7. The van der Waals surface area contributed by atoms with Crippen LogP contribution in [0.2, 0.25) is 5.02 Å². The van der Waals surface area contributed by atoms with E-state index in [9.17, 15) is 14.4 Å². The Morgan fingerprint density at radius 1 is 1.23 bits per heavy atom. The molecule has 0 saturated carbocycles. The number of hydrogen-bond acceptors (Lipinski definition) is 6. The van der Waals surface area contributed by atoms with Gasteiger partial charge in [-0.05, 0) is 54.1 Å². The predicted molar refractivity (Wildman–Crippen MR) is 114 cm³/mol. The zero-order valence-electron chi connectivity index (χ0n) is 16.1. The second kappa shape index (κ2) is 9.23. The zero-order chi connectivity index (χ0) is 21.8. The molecule has 2 aromatic carbocycles. The monoisotopic (exact) mass is 447 g/mol. The molecule has 0 spiro atoms. The maximum atomic E-state index is 12.7. The molecule has 0 bridgehead atoms. The van der Waals surface area contributed by atoms with Crippen molar-refractivity contribution in [3.8, 4) is 11.5 Å². The van der Waals surface area contributed by atoms with Gasteiger partial charge in [-0.1, -0.05) is 35.9 Å². The van der Waals surface area contributed by atoms with Crippen molar-refractivity contribution in [2.45, 2.75) is 19.6 Å². The number of imide groups is 1. The highest BCUT2D eigenvalue weighted by Gasteiger charge is 2.35. The largest absolute Gasteiger partial charge is 0.493 e. The van der Waals surface area contributed by atoms with Crippen LogP contribution in [0.25, 0.3) is 6.08 Å². The molecule has 1 saturated heterocycles. The van der Waals surface area contributed by atoms with Crippen LogP contribution in [0.5, 0.6) is 11.5 Å². The van der Waals surface area contributed by atoms with Gasteiger partial charge in [0.05, 0.1) is 18.6 Å². The summed E-state index contributed by atoms with van der Waals surface area (Å²) in [5, 5.41) is 9.09. The van der Waals surface area contributed by atoms with Crippen molar-refractivity contribution >= 4 is 46.6 Å². The highest BCUT2D eigenvalue weighted by Crippen LogP contribution is 2.36. The molecule has 9 heteroatoms. The lowest BCUT2D eigenvalue weighted by Gasteiger charge is -2.14. The summed E-state index contributed by atoms with van der Waals surface area (Å²) in [7, 11) is 1.43. The molecule has 3 rings (SSSR count). The Bertz CT molecular complexity index is 1040. The average Bonchev–Trinajstić information content (AvgIpc) is 2.97. The van der Waals surface area contributed by atoms with E-state index in [1.165, 1.54) is 14.0 Å². The van der Waals surface area contributed by atoms with Gasteiger partial charge in [0, 0.05) is 5.02 Å². The summed E-state index contributed by atoms with van der Waals surface area (Å²) < 4.78 is 10.6. The van der Waals surface area contributed by atoms with Crippen molar-refractivity contribution in [3.05, 3.63) is 63.5 Å². The minimum Gasteiger partial charge on any atom is -0.493 e. The maximum Gasteiger partial charge on any atom is 0.344 e. The number of benzene rings is 2. The number of rotatable bonds is 7. The number of ether oxygens (including phenoxy) is 2. The number of carbonyl (C=O) groups is 3. The quantitative estimate of drug-likeness (QED) is 0.627. The molecule has 1 fully saturated rings. The summed E-state index contributed by atoms with van der Waals surface area (Å²) in [5.74, 6) is -0.944. The van der Waals surface area contributed by atoms with Crippen LogP contribution in [0.15, 0.2) is 47.4 Å². The number of aliphatic carboxylic acids is 1. The SMILES string of the molecule is COc1cc(/C=C2\SC(=O)N(Cc3ccccc3Cl)C2=O)ccc1OC(C)C(=O)O. The minimum absolute atomic E-state index is 0.0882. The van der Waals surface area contributed by atoms with Gasteiger partial charge in [0.15, 0.2) is 17.6 Å². The van der Waals surface area contributed by atoms with Gasteiger partial charge < -0.3 is 14.6 Å². The normalized spacial score (nSPS) is 16.1. The van der Waals surface area contributed by atoms with E-state index >= 15 is 0 Å². The summed E-state index contributed by atoms with van der Waals surface area (Å²) in [6.07, 6.45) is 0.524. The Kier molecular flexibility index (Phi) is 6.69. The fourth-order valence-electron chi connectivity index (χ4n) is 2.70. The molecule has 0 aliphatic carbocycles. The van der Waals surface area contributed by atoms with Gasteiger partial charge in [0.2, 0.25) is 0 Å². The molecule has 2 aromatic rings. The summed E-state index contributed by atoms with van der Waals surface area (Å²) in [4.78, 5) is 37.5. The van der Waals surface area contributed by atoms with Gasteiger partial charge in [-0.15, -0.1) is 0 Å². The first-order valence-corrected chi connectivity index (χ1v) is 10.1. The Hall–Kier alpha value is -2.97. The zero-order valence-corrected chi connectivity index (χ0v) is 17.7. The first-order chi connectivity index (χ1) is 14.3. The lowest BCUT2D eigenvalue weighted by molar-refractivity contribution is -0.144. The molecule has 0 radical (unpaired) electrons. The first-order valence-electron chi connectivity index (χ1n) is 8.86. The Morgan fingerprint density at radius 3 is 2.63 bits per heavy atom. The van der Waals surface area contributed by atoms with E-state index in [0.29, 0.717) is 21.9 Å².